The highest BCUT2D eigenvalue weighted by molar-refractivity contribution is 7.07. The molecule has 4 rings (SSSR count). The van der Waals surface area contributed by atoms with E-state index in [0.717, 1.165) is 41.7 Å². The van der Waals surface area contributed by atoms with Gasteiger partial charge in [0.05, 0.1) is 15.6 Å². The fourth-order valence-electron chi connectivity index (χ4n) is 4.15. The number of hydrogen-bond acceptors (Lipinski definition) is 4. The third kappa shape index (κ3) is 5.03. The number of nitrogens with zero attached hydrogens (tertiary/aromatic N) is 3. The standard InChI is InChI=1S/C23H23Cl2N3O2S/c24-16-12-13-19(25)18(14-16)22-15-31-23(26-20-10-6-7-11-21(20)28(29)30)27(22)17-8-4-2-1-3-5-9-17/h6-7,10-15,17H,1-5,8-9H2. The zero-order chi connectivity index (χ0) is 21.8. The predicted octanol–water partition coefficient (Wildman–Crippen LogP) is 7.95. The molecule has 0 atom stereocenters. The molecule has 0 spiro atoms. The molecule has 0 radical (unpaired) electrons. The molecule has 0 N–H and O–H groups in total. The quantitative estimate of drug-likeness (QED) is 0.283. The van der Waals surface area contributed by atoms with Crippen LogP contribution in [-0.2, 0) is 0 Å². The van der Waals surface area contributed by atoms with Gasteiger partial charge in [0.15, 0.2) is 4.80 Å². The van der Waals surface area contributed by atoms with Gasteiger partial charge in [0.25, 0.3) is 5.69 Å². The maximum absolute atomic E-state index is 11.5. The van der Waals surface area contributed by atoms with Crippen LogP contribution in [0.3, 0.4) is 0 Å². The number of halogens is 2. The second-order valence-electron chi connectivity index (χ2n) is 7.75. The second kappa shape index (κ2) is 9.98. The van der Waals surface area contributed by atoms with Gasteiger partial charge in [-0.05, 0) is 37.1 Å². The Morgan fingerprint density at radius 2 is 1.74 bits per heavy atom. The van der Waals surface area contributed by atoms with Gasteiger partial charge in [0.2, 0.25) is 0 Å². The van der Waals surface area contributed by atoms with Crippen molar-refractivity contribution in [1.82, 2.24) is 4.57 Å². The highest BCUT2D eigenvalue weighted by Gasteiger charge is 2.21. The van der Waals surface area contributed by atoms with Crippen LogP contribution in [0.2, 0.25) is 10.0 Å². The van der Waals surface area contributed by atoms with Crippen LogP contribution in [0.25, 0.3) is 11.3 Å². The number of hydrogen-bond donors (Lipinski definition) is 0. The lowest BCUT2D eigenvalue weighted by Gasteiger charge is -2.24. The molecule has 1 aliphatic carbocycles. The number of benzene rings is 2. The summed E-state index contributed by atoms with van der Waals surface area (Å²) in [6, 6.07) is 12.3. The molecule has 162 valence electrons. The van der Waals surface area contributed by atoms with Gasteiger partial charge in [0, 0.05) is 28.1 Å². The summed E-state index contributed by atoms with van der Waals surface area (Å²) in [6.45, 7) is 0. The summed E-state index contributed by atoms with van der Waals surface area (Å²) < 4.78 is 2.23. The highest BCUT2D eigenvalue weighted by atomic mass is 35.5. The SMILES string of the molecule is O=[N+]([O-])c1ccccc1N=c1scc(-c2cc(Cl)ccc2Cl)n1C1CCCCCCC1. The Labute approximate surface area is 195 Å². The lowest BCUT2D eigenvalue weighted by molar-refractivity contribution is -0.384. The van der Waals surface area contributed by atoms with Crippen LogP contribution in [-0.4, -0.2) is 9.49 Å². The molecule has 0 aliphatic heterocycles. The Morgan fingerprint density at radius 3 is 2.48 bits per heavy atom. The van der Waals surface area contributed by atoms with Crippen molar-refractivity contribution in [3.63, 3.8) is 0 Å². The van der Waals surface area contributed by atoms with Gasteiger partial charge in [-0.1, -0.05) is 67.4 Å². The molecule has 0 unspecified atom stereocenters. The molecular formula is C23H23Cl2N3O2S. The Kier molecular flexibility index (Phi) is 7.10. The van der Waals surface area contributed by atoms with E-state index in [1.54, 1.807) is 30.3 Å². The van der Waals surface area contributed by atoms with Crippen LogP contribution >= 0.6 is 34.5 Å². The van der Waals surface area contributed by atoms with E-state index in [4.69, 9.17) is 28.2 Å². The van der Waals surface area contributed by atoms with E-state index >= 15 is 0 Å². The molecule has 0 amide bonds. The first-order valence-corrected chi connectivity index (χ1v) is 12.1. The van der Waals surface area contributed by atoms with Crippen molar-refractivity contribution in [3.8, 4) is 11.3 Å². The minimum absolute atomic E-state index is 0.00227. The number of rotatable bonds is 4. The number of para-hydroxylation sites is 2. The van der Waals surface area contributed by atoms with E-state index in [0.29, 0.717) is 15.7 Å². The Hall–Kier alpha value is -2.15. The molecule has 1 fully saturated rings. The third-order valence-corrected chi connectivity index (χ3v) is 7.08. The van der Waals surface area contributed by atoms with Crippen LogP contribution < -0.4 is 4.80 Å². The van der Waals surface area contributed by atoms with Gasteiger partial charge in [-0.3, -0.25) is 10.1 Å². The molecule has 1 heterocycles. The average molecular weight is 476 g/mol. The topological polar surface area (TPSA) is 60.4 Å². The molecule has 0 saturated heterocycles. The Bertz CT molecular complexity index is 1150. The van der Waals surface area contributed by atoms with E-state index in [1.807, 2.05) is 11.4 Å². The van der Waals surface area contributed by atoms with Crippen molar-refractivity contribution in [2.24, 2.45) is 4.99 Å². The molecule has 1 aliphatic rings. The molecule has 8 heteroatoms. The fourth-order valence-corrected chi connectivity index (χ4v) is 5.51. The first kappa shape index (κ1) is 22.1. The largest absolute Gasteiger partial charge is 0.313 e. The maximum atomic E-state index is 11.5. The van der Waals surface area contributed by atoms with Crippen molar-refractivity contribution in [1.29, 1.82) is 0 Å². The first-order valence-electron chi connectivity index (χ1n) is 10.5. The molecular weight excluding hydrogens is 453 g/mol. The molecule has 3 aromatic rings. The number of nitro benzene ring substituents is 1. The van der Waals surface area contributed by atoms with Gasteiger partial charge in [-0.2, -0.15) is 0 Å². The molecule has 0 bridgehead atoms. The molecule has 5 nitrogen and oxygen atoms in total. The summed E-state index contributed by atoms with van der Waals surface area (Å²) in [6.07, 6.45) is 8.14. The Morgan fingerprint density at radius 1 is 1.03 bits per heavy atom. The Balaban J connectivity index is 1.91. The van der Waals surface area contributed by atoms with Crippen molar-refractivity contribution in [2.45, 2.75) is 51.0 Å². The third-order valence-electron chi connectivity index (χ3n) is 5.68. The van der Waals surface area contributed by atoms with Crippen molar-refractivity contribution < 1.29 is 4.92 Å². The normalized spacial score (nSPS) is 16.1. The van der Waals surface area contributed by atoms with Crippen LogP contribution in [0.1, 0.15) is 51.0 Å². The minimum atomic E-state index is -0.388. The number of nitro groups is 1. The zero-order valence-corrected chi connectivity index (χ0v) is 19.3. The summed E-state index contributed by atoms with van der Waals surface area (Å²) in [5.41, 5.74) is 2.18. The van der Waals surface area contributed by atoms with Crippen LogP contribution in [0.15, 0.2) is 52.8 Å². The van der Waals surface area contributed by atoms with Crippen LogP contribution in [0.4, 0.5) is 11.4 Å². The minimum Gasteiger partial charge on any atom is -0.313 e. The molecule has 1 saturated carbocycles. The zero-order valence-electron chi connectivity index (χ0n) is 17.0. The summed E-state index contributed by atoms with van der Waals surface area (Å²) in [5, 5.41) is 14.8. The van der Waals surface area contributed by atoms with Crippen molar-refractivity contribution >= 4 is 45.9 Å². The summed E-state index contributed by atoms with van der Waals surface area (Å²) >= 11 is 14.3. The predicted molar refractivity (Wildman–Crippen MR) is 127 cm³/mol. The first-order chi connectivity index (χ1) is 15.0. The number of thiazole rings is 1. The number of aromatic nitrogens is 1. The van der Waals surface area contributed by atoms with Gasteiger partial charge in [0.1, 0.15) is 5.69 Å². The lowest BCUT2D eigenvalue weighted by Crippen LogP contribution is -2.23. The van der Waals surface area contributed by atoms with Crippen molar-refractivity contribution in [3.05, 3.63) is 72.8 Å². The lowest BCUT2D eigenvalue weighted by atomic mass is 9.96. The maximum Gasteiger partial charge on any atom is 0.294 e. The van der Waals surface area contributed by atoms with Gasteiger partial charge in [-0.15, -0.1) is 11.3 Å². The molecule has 2 aromatic carbocycles. The van der Waals surface area contributed by atoms with Gasteiger partial charge in [-0.25, -0.2) is 4.99 Å². The van der Waals surface area contributed by atoms with E-state index in [9.17, 15) is 10.1 Å². The average Bonchev–Trinajstić information content (AvgIpc) is 3.13. The van der Waals surface area contributed by atoms with E-state index < -0.39 is 0 Å². The van der Waals surface area contributed by atoms with E-state index in [-0.39, 0.29) is 16.7 Å². The monoisotopic (exact) mass is 475 g/mol. The smallest absolute Gasteiger partial charge is 0.294 e. The van der Waals surface area contributed by atoms with E-state index in [1.165, 1.54) is 36.7 Å². The summed E-state index contributed by atoms with van der Waals surface area (Å²) in [7, 11) is 0. The molecule has 31 heavy (non-hydrogen) atoms. The van der Waals surface area contributed by atoms with E-state index in [2.05, 4.69) is 4.57 Å². The highest BCUT2D eigenvalue weighted by Crippen LogP contribution is 2.36. The van der Waals surface area contributed by atoms with Crippen LogP contribution in [0, 0.1) is 10.1 Å². The summed E-state index contributed by atoms with van der Waals surface area (Å²) in [4.78, 5) is 16.6. The fraction of sp³-hybridized carbons (Fsp3) is 0.348. The van der Waals surface area contributed by atoms with Gasteiger partial charge >= 0.3 is 0 Å². The second-order valence-corrected chi connectivity index (χ2v) is 9.43. The summed E-state index contributed by atoms with van der Waals surface area (Å²) in [5.74, 6) is 0. The molecule has 1 aromatic heterocycles. The van der Waals surface area contributed by atoms with Gasteiger partial charge < -0.3 is 4.57 Å². The van der Waals surface area contributed by atoms with Crippen molar-refractivity contribution in [2.75, 3.05) is 0 Å². The van der Waals surface area contributed by atoms with Crippen LogP contribution in [0.5, 0.6) is 0 Å².